The summed E-state index contributed by atoms with van der Waals surface area (Å²) < 4.78 is 0. The first-order valence-electron chi connectivity index (χ1n) is 6.23. The van der Waals surface area contributed by atoms with Gasteiger partial charge in [0.15, 0.2) is 0 Å². The van der Waals surface area contributed by atoms with E-state index in [1.807, 2.05) is 18.7 Å². The molecular formula is C12H25N3O. The number of likely N-dealkylation sites (tertiary alicyclic amines) is 1. The lowest BCUT2D eigenvalue weighted by atomic mass is 9.90. The minimum atomic E-state index is -0.109. The number of hydrogen-bond acceptors (Lipinski definition) is 3. The minimum Gasteiger partial charge on any atom is -0.338 e. The van der Waals surface area contributed by atoms with E-state index in [9.17, 15) is 4.79 Å². The van der Waals surface area contributed by atoms with Crippen LogP contribution in [0.5, 0.6) is 0 Å². The van der Waals surface area contributed by atoms with Gasteiger partial charge < -0.3 is 16.4 Å². The molecule has 0 aromatic carbocycles. The van der Waals surface area contributed by atoms with E-state index in [2.05, 4.69) is 6.92 Å². The molecule has 94 valence electrons. The largest absolute Gasteiger partial charge is 0.338 e. The third-order valence-corrected chi connectivity index (χ3v) is 3.71. The summed E-state index contributed by atoms with van der Waals surface area (Å²) in [5, 5.41) is 0. The normalized spacial score (nSPS) is 29.9. The maximum Gasteiger partial charge on any atom is 0.227 e. The minimum absolute atomic E-state index is 0.0923. The third-order valence-electron chi connectivity index (χ3n) is 3.71. The Hall–Kier alpha value is -0.610. The van der Waals surface area contributed by atoms with Crippen LogP contribution in [-0.2, 0) is 4.79 Å². The molecule has 0 aliphatic carbocycles. The third kappa shape index (κ3) is 2.95. The molecule has 1 fully saturated rings. The van der Waals surface area contributed by atoms with Gasteiger partial charge in [-0.25, -0.2) is 0 Å². The van der Waals surface area contributed by atoms with Gasteiger partial charge in [-0.1, -0.05) is 13.8 Å². The van der Waals surface area contributed by atoms with Crippen molar-refractivity contribution in [2.75, 3.05) is 13.1 Å². The number of piperidine rings is 1. The quantitative estimate of drug-likeness (QED) is 0.740. The molecule has 4 heteroatoms. The lowest BCUT2D eigenvalue weighted by molar-refractivity contribution is -0.139. The molecule has 1 saturated heterocycles. The first kappa shape index (κ1) is 13.5. The summed E-state index contributed by atoms with van der Waals surface area (Å²) in [6, 6.07) is 0.114. The van der Waals surface area contributed by atoms with Crippen molar-refractivity contribution in [3.05, 3.63) is 0 Å². The molecule has 0 bridgehead atoms. The number of nitrogens with zero attached hydrogens (tertiary/aromatic N) is 1. The molecule has 4 nitrogen and oxygen atoms in total. The molecule has 1 heterocycles. The van der Waals surface area contributed by atoms with Crippen molar-refractivity contribution in [1.29, 1.82) is 0 Å². The van der Waals surface area contributed by atoms with E-state index in [4.69, 9.17) is 11.5 Å². The predicted octanol–water partition coefficient (Wildman–Crippen LogP) is 0.556. The van der Waals surface area contributed by atoms with Gasteiger partial charge in [0.2, 0.25) is 5.91 Å². The number of hydrogen-bond donors (Lipinski definition) is 2. The fourth-order valence-electron chi connectivity index (χ4n) is 2.25. The Balaban J connectivity index is 2.67. The highest BCUT2D eigenvalue weighted by Crippen LogP contribution is 2.23. The maximum absolute atomic E-state index is 12.2. The molecule has 0 aromatic heterocycles. The summed E-state index contributed by atoms with van der Waals surface area (Å²) in [5.74, 6) is 0.725. The second-order valence-corrected chi connectivity index (χ2v) is 5.20. The van der Waals surface area contributed by atoms with Gasteiger partial charge in [0.1, 0.15) is 0 Å². The van der Waals surface area contributed by atoms with Crippen LogP contribution in [0.1, 0.15) is 33.6 Å². The highest BCUT2D eigenvalue weighted by atomic mass is 16.2. The smallest absolute Gasteiger partial charge is 0.227 e. The van der Waals surface area contributed by atoms with Crippen molar-refractivity contribution in [1.82, 2.24) is 4.90 Å². The second-order valence-electron chi connectivity index (χ2n) is 5.20. The summed E-state index contributed by atoms with van der Waals surface area (Å²) >= 11 is 0. The molecular weight excluding hydrogens is 202 g/mol. The molecule has 0 aromatic rings. The highest BCUT2D eigenvalue weighted by molar-refractivity contribution is 5.79. The SMILES string of the molecule is CC1CCN(C(=O)C(C)C(C)N)C(CN)C1. The lowest BCUT2D eigenvalue weighted by Crippen LogP contribution is -2.52. The summed E-state index contributed by atoms with van der Waals surface area (Å²) in [6.45, 7) is 7.39. The van der Waals surface area contributed by atoms with Crippen LogP contribution in [0.15, 0.2) is 0 Å². The van der Waals surface area contributed by atoms with Crippen molar-refractivity contribution < 1.29 is 4.79 Å². The van der Waals surface area contributed by atoms with E-state index in [1.165, 1.54) is 0 Å². The summed E-state index contributed by atoms with van der Waals surface area (Å²) in [4.78, 5) is 14.1. The van der Waals surface area contributed by atoms with Gasteiger partial charge >= 0.3 is 0 Å². The van der Waals surface area contributed by atoms with Gasteiger partial charge in [-0.3, -0.25) is 4.79 Å². The van der Waals surface area contributed by atoms with Gasteiger partial charge in [-0.05, 0) is 25.7 Å². The van der Waals surface area contributed by atoms with Gasteiger partial charge in [0.25, 0.3) is 0 Å². The zero-order valence-electron chi connectivity index (χ0n) is 10.6. The predicted molar refractivity (Wildman–Crippen MR) is 65.8 cm³/mol. The van der Waals surface area contributed by atoms with Crippen molar-refractivity contribution >= 4 is 5.91 Å². The van der Waals surface area contributed by atoms with Crippen LogP contribution >= 0.6 is 0 Å². The van der Waals surface area contributed by atoms with Crippen molar-refractivity contribution in [3.63, 3.8) is 0 Å². The first-order chi connectivity index (χ1) is 7.47. The van der Waals surface area contributed by atoms with E-state index < -0.39 is 0 Å². The van der Waals surface area contributed by atoms with Crippen molar-refractivity contribution in [3.8, 4) is 0 Å². The number of carbonyl (C=O) groups excluding carboxylic acids is 1. The van der Waals surface area contributed by atoms with Gasteiger partial charge in [-0.15, -0.1) is 0 Å². The van der Waals surface area contributed by atoms with E-state index >= 15 is 0 Å². The van der Waals surface area contributed by atoms with Crippen LogP contribution in [0, 0.1) is 11.8 Å². The molecule has 0 saturated carbocycles. The number of nitrogens with two attached hydrogens (primary N) is 2. The van der Waals surface area contributed by atoms with Crippen LogP contribution in [0.3, 0.4) is 0 Å². The average molecular weight is 227 g/mol. The number of rotatable bonds is 3. The second kappa shape index (κ2) is 5.64. The van der Waals surface area contributed by atoms with E-state index in [0.717, 1.165) is 19.4 Å². The molecule has 1 rings (SSSR count). The fourth-order valence-corrected chi connectivity index (χ4v) is 2.25. The summed E-state index contributed by atoms with van der Waals surface area (Å²) in [5.41, 5.74) is 11.5. The number of carbonyl (C=O) groups is 1. The number of amides is 1. The monoisotopic (exact) mass is 227 g/mol. The Morgan fingerprint density at radius 2 is 2.12 bits per heavy atom. The topological polar surface area (TPSA) is 72.3 Å². The van der Waals surface area contributed by atoms with E-state index in [0.29, 0.717) is 12.5 Å². The molecule has 4 unspecified atom stereocenters. The Bertz CT molecular complexity index is 242. The van der Waals surface area contributed by atoms with Crippen LogP contribution < -0.4 is 11.5 Å². The highest BCUT2D eigenvalue weighted by Gasteiger charge is 2.32. The zero-order chi connectivity index (χ0) is 12.3. The van der Waals surface area contributed by atoms with Crippen LogP contribution in [0.4, 0.5) is 0 Å². The fraction of sp³-hybridized carbons (Fsp3) is 0.917. The Morgan fingerprint density at radius 1 is 1.50 bits per heavy atom. The summed E-state index contributed by atoms with van der Waals surface area (Å²) in [6.07, 6.45) is 2.10. The standard InChI is InChI=1S/C12H25N3O/c1-8-4-5-15(11(6-8)7-13)12(16)9(2)10(3)14/h8-11H,4-7,13-14H2,1-3H3. The van der Waals surface area contributed by atoms with Crippen LogP contribution in [0.25, 0.3) is 0 Å². The Labute approximate surface area is 98.3 Å². The van der Waals surface area contributed by atoms with Crippen LogP contribution in [0.2, 0.25) is 0 Å². The Morgan fingerprint density at radius 3 is 2.62 bits per heavy atom. The molecule has 1 amide bonds. The molecule has 0 spiro atoms. The van der Waals surface area contributed by atoms with Crippen molar-refractivity contribution in [2.45, 2.75) is 45.7 Å². The van der Waals surface area contributed by atoms with Gasteiger partial charge in [0, 0.05) is 25.2 Å². The lowest BCUT2D eigenvalue weighted by Gasteiger charge is -2.39. The van der Waals surface area contributed by atoms with Gasteiger partial charge in [0.05, 0.1) is 5.92 Å². The maximum atomic E-state index is 12.2. The van der Waals surface area contributed by atoms with Crippen LogP contribution in [-0.4, -0.2) is 36.0 Å². The zero-order valence-corrected chi connectivity index (χ0v) is 10.6. The molecule has 0 radical (unpaired) electrons. The van der Waals surface area contributed by atoms with Gasteiger partial charge in [-0.2, -0.15) is 0 Å². The molecule has 16 heavy (non-hydrogen) atoms. The van der Waals surface area contributed by atoms with E-state index in [-0.39, 0.29) is 23.9 Å². The molecule has 1 aliphatic heterocycles. The molecule has 4 atom stereocenters. The Kier molecular flexibility index (Phi) is 4.74. The molecule has 1 aliphatic rings. The molecule has 4 N–H and O–H groups in total. The van der Waals surface area contributed by atoms with E-state index in [1.54, 1.807) is 0 Å². The summed E-state index contributed by atoms with van der Waals surface area (Å²) in [7, 11) is 0. The van der Waals surface area contributed by atoms with Crippen molar-refractivity contribution in [2.24, 2.45) is 23.3 Å². The first-order valence-corrected chi connectivity index (χ1v) is 6.23. The average Bonchev–Trinajstić information content (AvgIpc) is 2.26.